The fourth-order valence-corrected chi connectivity index (χ4v) is 4.15. The van der Waals surface area contributed by atoms with Crippen LogP contribution in [0.3, 0.4) is 0 Å². The number of fused-ring (bicyclic) bond motifs is 1. The van der Waals surface area contributed by atoms with Crippen LogP contribution in [0.1, 0.15) is 12.8 Å². The zero-order chi connectivity index (χ0) is 17.5. The first kappa shape index (κ1) is 16.8. The zero-order valence-electron chi connectivity index (χ0n) is 12.6. The summed E-state index contributed by atoms with van der Waals surface area (Å²) < 4.78 is 48.4. The molecule has 2 unspecified atom stereocenters. The molecule has 24 heavy (non-hydrogen) atoms. The van der Waals surface area contributed by atoms with Gasteiger partial charge in [0.2, 0.25) is 9.84 Å². The highest BCUT2D eigenvalue weighted by Crippen LogP contribution is 2.39. The van der Waals surface area contributed by atoms with Crippen LogP contribution < -0.4 is 4.90 Å². The molecule has 0 N–H and O–H groups in total. The minimum absolute atomic E-state index is 0.280. The summed E-state index contributed by atoms with van der Waals surface area (Å²) in [5, 5.41) is 11.3. The minimum Gasteiger partial charge on any atom is -0.365 e. The van der Waals surface area contributed by atoms with E-state index in [-0.39, 0.29) is 5.69 Å². The molecule has 2 aliphatic rings. The summed E-state index contributed by atoms with van der Waals surface area (Å²) in [7, 11) is -4.86. The number of allylic oxidation sites excluding steroid dienone is 2. The van der Waals surface area contributed by atoms with Crippen LogP contribution in [0.4, 0.5) is 20.2 Å². The van der Waals surface area contributed by atoms with Gasteiger partial charge < -0.3 is 4.90 Å². The van der Waals surface area contributed by atoms with Crippen molar-refractivity contribution in [1.82, 2.24) is 0 Å². The van der Waals surface area contributed by atoms with E-state index >= 15 is 0 Å². The second kappa shape index (κ2) is 6.12. The molecule has 1 aromatic carbocycles. The standard InChI is InChI=1S/C15H16F2N2O4S/c16-15(17)24(22,23)12-5-6-13(14(7-12)19(20)21)18-8-10-3-1-2-4-11(10)9-18/h1-2,5-7,10-11,15H,3-4,8-9H2. The summed E-state index contributed by atoms with van der Waals surface area (Å²) in [6.45, 7) is 1.27. The number of hydrogen-bond acceptors (Lipinski definition) is 5. The average molecular weight is 358 g/mol. The Morgan fingerprint density at radius 3 is 2.25 bits per heavy atom. The van der Waals surface area contributed by atoms with Gasteiger partial charge in [0.15, 0.2) is 0 Å². The Labute approximate surface area is 137 Å². The molecule has 1 heterocycles. The van der Waals surface area contributed by atoms with Gasteiger partial charge in [0, 0.05) is 19.2 Å². The summed E-state index contributed by atoms with van der Waals surface area (Å²) in [6.07, 6.45) is 6.01. The van der Waals surface area contributed by atoms with Gasteiger partial charge in [0.05, 0.1) is 9.82 Å². The van der Waals surface area contributed by atoms with Crippen molar-refractivity contribution >= 4 is 21.2 Å². The Kier molecular flexibility index (Phi) is 4.29. The Morgan fingerprint density at radius 1 is 1.17 bits per heavy atom. The van der Waals surface area contributed by atoms with Crippen LogP contribution in [-0.4, -0.2) is 32.2 Å². The van der Waals surface area contributed by atoms with Gasteiger partial charge in [0.1, 0.15) is 5.69 Å². The molecular weight excluding hydrogens is 342 g/mol. The predicted molar refractivity (Wildman–Crippen MR) is 83.9 cm³/mol. The van der Waals surface area contributed by atoms with E-state index in [1.165, 1.54) is 6.07 Å². The number of sulfone groups is 1. The lowest BCUT2D eigenvalue weighted by Crippen LogP contribution is -2.21. The summed E-state index contributed by atoms with van der Waals surface area (Å²) in [5.41, 5.74) is -0.175. The van der Waals surface area contributed by atoms with Crippen molar-refractivity contribution in [3.63, 3.8) is 0 Å². The van der Waals surface area contributed by atoms with Gasteiger partial charge >= 0.3 is 5.76 Å². The SMILES string of the molecule is O=[N+]([O-])c1cc(S(=O)(=O)C(F)F)ccc1N1CC2CC=CCC2C1. The Bertz CT molecular complexity index is 779. The Balaban J connectivity index is 1.96. The second-order valence-corrected chi connectivity index (χ2v) is 8.00. The average Bonchev–Trinajstić information content (AvgIpc) is 2.97. The number of nitro benzene ring substituents is 1. The van der Waals surface area contributed by atoms with Gasteiger partial charge in [-0.2, -0.15) is 8.78 Å². The van der Waals surface area contributed by atoms with Crippen LogP contribution in [0.25, 0.3) is 0 Å². The van der Waals surface area contributed by atoms with E-state index in [4.69, 9.17) is 0 Å². The summed E-state index contributed by atoms with van der Waals surface area (Å²) in [6, 6.07) is 3.01. The maximum absolute atomic E-state index is 12.7. The third kappa shape index (κ3) is 2.88. The molecule has 0 amide bonds. The highest BCUT2D eigenvalue weighted by Gasteiger charge is 2.36. The molecule has 1 aliphatic carbocycles. The topological polar surface area (TPSA) is 80.5 Å². The molecule has 130 valence electrons. The molecular formula is C15H16F2N2O4S. The Morgan fingerprint density at radius 2 is 1.75 bits per heavy atom. The van der Waals surface area contributed by atoms with Crippen molar-refractivity contribution in [2.75, 3.05) is 18.0 Å². The van der Waals surface area contributed by atoms with E-state index in [1.807, 2.05) is 4.90 Å². The van der Waals surface area contributed by atoms with Crippen LogP contribution >= 0.6 is 0 Å². The third-order valence-corrected chi connectivity index (χ3v) is 6.05. The minimum atomic E-state index is -4.86. The second-order valence-electron chi connectivity index (χ2n) is 6.08. The van der Waals surface area contributed by atoms with Gasteiger partial charge in [-0.3, -0.25) is 10.1 Å². The van der Waals surface area contributed by atoms with E-state index < -0.39 is 31.1 Å². The van der Waals surface area contributed by atoms with Crippen LogP contribution in [-0.2, 0) is 9.84 Å². The molecule has 6 nitrogen and oxygen atoms in total. The Hall–Kier alpha value is -2.03. The number of halogens is 2. The lowest BCUT2D eigenvalue weighted by atomic mass is 9.86. The number of hydrogen-bond donors (Lipinski definition) is 0. The molecule has 1 fully saturated rings. The molecule has 9 heteroatoms. The maximum Gasteiger partial charge on any atom is 0.341 e. The first-order valence-electron chi connectivity index (χ1n) is 7.51. The fourth-order valence-electron chi connectivity index (χ4n) is 3.41. The predicted octanol–water partition coefficient (Wildman–Crippen LogP) is 2.99. The number of benzene rings is 1. The van der Waals surface area contributed by atoms with Gasteiger partial charge in [-0.15, -0.1) is 0 Å². The van der Waals surface area contributed by atoms with Gasteiger partial charge in [-0.25, -0.2) is 8.42 Å². The maximum atomic E-state index is 12.7. The van der Waals surface area contributed by atoms with Crippen LogP contribution in [0, 0.1) is 22.0 Å². The third-order valence-electron chi connectivity index (χ3n) is 4.67. The highest BCUT2D eigenvalue weighted by molar-refractivity contribution is 7.91. The van der Waals surface area contributed by atoms with Crippen molar-refractivity contribution in [1.29, 1.82) is 0 Å². The molecule has 1 aromatic rings. The molecule has 0 bridgehead atoms. The summed E-state index contributed by atoms with van der Waals surface area (Å²) >= 11 is 0. The number of anilines is 1. The molecule has 0 spiro atoms. The molecule has 0 saturated carbocycles. The van der Waals surface area contributed by atoms with E-state index in [1.54, 1.807) is 0 Å². The molecule has 1 saturated heterocycles. The molecule has 2 atom stereocenters. The first-order chi connectivity index (χ1) is 11.3. The van der Waals surface area contributed by atoms with E-state index in [2.05, 4.69) is 12.2 Å². The quantitative estimate of drug-likeness (QED) is 0.470. The monoisotopic (exact) mass is 358 g/mol. The fraction of sp³-hybridized carbons (Fsp3) is 0.467. The van der Waals surface area contributed by atoms with Gasteiger partial charge in [-0.05, 0) is 36.8 Å². The van der Waals surface area contributed by atoms with Crippen molar-refractivity contribution in [3.8, 4) is 0 Å². The van der Waals surface area contributed by atoms with Crippen molar-refractivity contribution in [2.24, 2.45) is 11.8 Å². The van der Waals surface area contributed by atoms with Crippen molar-refractivity contribution < 1.29 is 22.1 Å². The van der Waals surface area contributed by atoms with E-state index in [0.29, 0.717) is 24.9 Å². The lowest BCUT2D eigenvalue weighted by molar-refractivity contribution is -0.384. The van der Waals surface area contributed by atoms with Gasteiger partial charge in [0.25, 0.3) is 5.69 Å². The highest BCUT2D eigenvalue weighted by atomic mass is 32.2. The van der Waals surface area contributed by atoms with Crippen molar-refractivity contribution in [3.05, 3.63) is 40.5 Å². The van der Waals surface area contributed by atoms with E-state index in [0.717, 1.165) is 25.0 Å². The first-order valence-corrected chi connectivity index (χ1v) is 9.05. The number of alkyl halides is 2. The molecule has 3 rings (SSSR count). The van der Waals surface area contributed by atoms with Gasteiger partial charge in [-0.1, -0.05) is 12.2 Å². The lowest BCUT2D eigenvalue weighted by Gasteiger charge is -2.19. The number of nitro groups is 1. The number of rotatable bonds is 4. The normalized spacial score (nSPS) is 23.5. The van der Waals surface area contributed by atoms with Crippen molar-refractivity contribution in [2.45, 2.75) is 23.5 Å². The largest absolute Gasteiger partial charge is 0.365 e. The van der Waals surface area contributed by atoms with Crippen LogP contribution in [0.2, 0.25) is 0 Å². The van der Waals surface area contributed by atoms with E-state index in [9.17, 15) is 27.3 Å². The van der Waals surface area contributed by atoms with Crippen LogP contribution in [0.15, 0.2) is 35.2 Å². The summed E-state index contributed by atoms with van der Waals surface area (Å²) in [4.78, 5) is 11.7. The molecule has 0 radical (unpaired) electrons. The van der Waals surface area contributed by atoms with Crippen LogP contribution in [0.5, 0.6) is 0 Å². The smallest absolute Gasteiger partial charge is 0.341 e. The molecule has 0 aromatic heterocycles. The number of nitrogens with zero attached hydrogens (tertiary/aromatic N) is 2. The zero-order valence-corrected chi connectivity index (χ0v) is 13.5. The summed E-state index contributed by atoms with van der Waals surface area (Å²) in [5.74, 6) is -2.80. The molecule has 1 aliphatic heterocycles.